The minimum atomic E-state index is -1.12. The second-order valence-electron chi connectivity index (χ2n) is 1.83. The number of carboxylic acid groups (broad SMARTS) is 1. The van der Waals surface area contributed by atoms with Crippen molar-refractivity contribution < 1.29 is 14.7 Å². The third-order valence-electron chi connectivity index (χ3n) is 1.12. The zero-order chi connectivity index (χ0) is 8.43. The summed E-state index contributed by atoms with van der Waals surface area (Å²) in [6.45, 7) is 0. The Morgan fingerprint density at radius 1 is 1.55 bits per heavy atom. The van der Waals surface area contributed by atoms with Gasteiger partial charge in [-0.3, -0.25) is 4.79 Å². The summed E-state index contributed by atoms with van der Waals surface area (Å²) in [6.07, 6.45) is 0. The minimum Gasteiger partial charge on any atom is -0.477 e. The SMILES string of the molecule is NC(=O)c1ccsc1C(=O)O. The fourth-order valence-corrected chi connectivity index (χ4v) is 1.41. The van der Waals surface area contributed by atoms with E-state index in [0.29, 0.717) is 0 Å². The molecule has 1 heterocycles. The lowest BCUT2D eigenvalue weighted by Crippen LogP contribution is -2.13. The van der Waals surface area contributed by atoms with Gasteiger partial charge in [-0.2, -0.15) is 0 Å². The molecule has 0 atom stereocenters. The molecule has 0 saturated carbocycles. The largest absolute Gasteiger partial charge is 0.477 e. The topological polar surface area (TPSA) is 80.4 Å². The van der Waals surface area contributed by atoms with Gasteiger partial charge in [-0.05, 0) is 11.4 Å². The number of aromatic carboxylic acids is 1. The van der Waals surface area contributed by atoms with Crippen molar-refractivity contribution in [2.75, 3.05) is 0 Å². The standard InChI is InChI=1S/C6H5NO3S/c7-5(8)3-1-2-11-4(3)6(9)10/h1-2H,(H2,7,8)(H,9,10). The summed E-state index contributed by atoms with van der Waals surface area (Å²) in [6, 6.07) is 1.40. The molecule has 0 bridgehead atoms. The average molecular weight is 171 g/mol. The predicted octanol–water partition coefficient (Wildman–Crippen LogP) is 0.545. The summed E-state index contributed by atoms with van der Waals surface area (Å²) >= 11 is 0.986. The van der Waals surface area contributed by atoms with Crippen molar-refractivity contribution in [1.29, 1.82) is 0 Å². The molecule has 0 saturated heterocycles. The van der Waals surface area contributed by atoms with Crippen molar-refractivity contribution in [2.45, 2.75) is 0 Å². The Bertz CT molecular complexity index is 276. The fourth-order valence-electron chi connectivity index (χ4n) is 0.669. The van der Waals surface area contributed by atoms with E-state index < -0.39 is 11.9 Å². The molecule has 1 aromatic heterocycles. The van der Waals surface area contributed by atoms with Crippen molar-refractivity contribution in [1.82, 2.24) is 0 Å². The Hall–Kier alpha value is -1.36. The van der Waals surface area contributed by atoms with Gasteiger partial charge < -0.3 is 10.8 Å². The van der Waals surface area contributed by atoms with Gasteiger partial charge in [-0.1, -0.05) is 0 Å². The molecule has 0 fully saturated rings. The molecule has 0 aliphatic heterocycles. The van der Waals surface area contributed by atoms with E-state index in [2.05, 4.69) is 0 Å². The maximum Gasteiger partial charge on any atom is 0.346 e. The first-order chi connectivity index (χ1) is 5.13. The molecule has 1 aromatic rings. The number of thiophene rings is 1. The Balaban J connectivity index is 3.16. The second-order valence-corrected chi connectivity index (χ2v) is 2.75. The summed E-state index contributed by atoms with van der Waals surface area (Å²) in [4.78, 5) is 20.9. The van der Waals surface area contributed by atoms with Gasteiger partial charge in [-0.25, -0.2) is 4.79 Å². The van der Waals surface area contributed by atoms with E-state index in [1.165, 1.54) is 11.4 Å². The number of carbonyl (C=O) groups is 2. The summed E-state index contributed by atoms with van der Waals surface area (Å²) in [5, 5.41) is 10.0. The van der Waals surface area contributed by atoms with Crippen molar-refractivity contribution in [3.05, 3.63) is 21.9 Å². The summed E-state index contributed by atoms with van der Waals surface area (Å²) in [5.74, 6) is -1.82. The molecule has 4 nitrogen and oxygen atoms in total. The molecule has 3 N–H and O–H groups in total. The maximum atomic E-state index is 10.6. The van der Waals surface area contributed by atoms with E-state index in [0.717, 1.165) is 11.3 Å². The van der Waals surface area contributed by atoms with Crippen molar-refractivity contribution in [2.24, 2.45) is 5.73 Å². The predicted molar refractivity (Wildman–Crippen MR) is 39.8 cm³/mol. The third kappa shape index (κ3) is 1.38. The number of rotatable bonds is 2. The molecule has 0 unspecified atom stereocenters. The highest BCUT2D eigenvalue weighted by Gasteiger charge is 2.14. The van der Waals surface area contributed by atoms with Gasteiger partial charge in [-0.15, -0.1) is 11.3 Å². The van der Waals surface area contributed by atoms with Gasteiger partial charge in [0.15, 0.2) is 0 Å². The minimum absolute atomic E-state index is 0.00231. The first kappa shape index (κ1) is 7.74. The third-order valence-corrected chi connectivity index (χ3v) is 2.03. The van der Waals surface area contributed by atoms with Crippen LogP contribution in [-0.2, 0) is 0 Å². The van der Waals surface area contributed by atoms with Gasteiger partial charge in [0, 0.05) is 0 Å². The van der Waals surface area contributed by atoms with E-state index >= 15 is 0 Å². The highest BCUT2D eigenvalue weighted by Crippen LogP contribution is 2.15. The van der Waals surface area contributed by atoms with Gasteiger partial charge in [0.2, 0.25) is 5.91 Å². The molecule has 5 heteroatoms. The number of carboxylic acids is 1. The van der Waals surface area contributed by atoms with Gasteiger partial charge >= 0.3 is 5.97 Å². The lowest BCUT2D eigenvalue weighted by Gasteiger charge is -1.90. The first-order valence-corrected chi connectivity index (χ1v) is 3.61. The second kappa shape index (κ2) is 2.71. The number of primary amides is 1. The zero-order valence-corrected chi connectivity index (χ0v) is 6.22. The van der Waals surface area contributed by atoms with Crippen LogP contribution in [0.15, 0.2) is 11.4 Å². The molecule has 0 radical (unpaired) electrons. The average Bonchev–Trinajstić information content (AvgIpc) is 2.32. The van der Waals surface area contributed by atoms with Crippen LogP contribution in [0, 0.1) is 0 Å². The van der Waals surface area contributed by atoms with E-state index in [1.807, 2.05) is 0 Å². The Morgan fingerprint density at radius 3 is 2.55 bits per heavy atom. The van der Waals surface area contributed by atoms with Crippen LogP contribution >= 0.6 is 11.3 Å². The number of nitrogens with two attached hydrogens (primary N) is 1. The number of carbonyl (C=O) groups excluding carboxylic acids is 1. The molecule has 0 aromatic carbocycles. The van der Waals surface area contributed by atoms with Crippen LogP contribution in [-0.4, -0.2) is 17.0 Å². The Morgan fingerprint density at radius 2 is 2.18 bits per heavy atom. The lowest BCUT2D eigenvalue weighted by molar-refractivity contribution is 0.0697. The van der Waals surface area contributed by atoms with E-state index in [1.54, 1.807) is 0 Å². The molecule has 0 aliphatic carbocycles. The van der Waals surface area contributed by atoms with Gasteiger partial charge in [0.05, 0.1) is 5.56 Å². The Labute approximate surface area is 66.3 Å². The summed E-state index contributed by atoms with van der Waals surface area (Å²) in [7, 11) is 0. The molecule has 0 aliphatic rings. The van der Waals surface area contributed by atoms with Crippen LogP contribution in [0.2, 0.25) is 0 Å². The van der Waals surface area contributed by atoms with Crippen LogP contribution in [0.1, 0.15) is 20.0 Å². The van der Waals surface area contributed by atoms with E-state index in [4.69, 9.17) is 10.8 Å². The lowest BCUT2D eigenvalue weighted by atomic mass is 10.2. The smallest absolute Gasteiger partial charge is 0.346 e. The quantitative estimate of drug-likeness (QED) is 0.681. The molecule has 1 amide bonds. The molecule has 11 heavy (non-hydrogen) atoms. The zero-order valence-electron chi connectivity index (χ0n) is 5.40. The number of amides is 1. The summed E-state index contributed by atoms with van der Waals surface area (Å²) in [5.41, 5.74) is 4.97. The molecule has 0 spiro atoms. The molecular formula is C6H5NO3S. The normalized spacial score (nSPS) is 9.45. The highest BCUT2D eigenvalue weighted by atomic mass is 32.1. The first-order valence-electron chi connectivity index (χ1n) is 2.73. The molecule has 58 valence electrons. The fraction of sp³-hybridized carbons (Fsp3) is 0. The van der Waals surface area contributed by atoms with Crippen molar-refractivity contribution in [3.8, 4) is 0 Å². The van der Waals surface area contributed by atoms with Crippen LogP contribution in [0.4, 0.5) is 0 Å². The number of hydrogen-bond donors (Lipinski definition) is 2. The van der Waals surface area contributed by atoms with Crippen molar-refractivity contribution >= 4 is 23.2 Å². The monoisotopic (exact) mass is 171 g/mol. The van der Waals surface area contributed by atoms with Crippen LogP contribution in [0.3, 0.4) is 0 Å². The van der Waals surface area contributed by atoms with E-state index in [-0.39, 0.29) is 10.4 Å². The summed E-state index contributed by atoms with van der Waals surface area (Å²) < 4.78 is 0. The van der Waals surface area contributed by atoms with Crippen LogP contribution in [0.25, 0.3) is 0 Å². The molecular weight excluding hydrogens is 166 g/mol. The maximum absolute atomic E-state index is 10.6. The van der Waals surface area contributed by atoms with Crippen LogP contribution < -0.4 is 5.73 Å². The number of hydrogen-bond acceptors (Lipinski definition) is 3. The van der Waals surface area contributed by atoms with Crippen molar-refractivity contribution in [3.63, 3.8) is 0 Å². The van der Waals surface area contributed by atoms with Gasteiger partial charge in [0.25, 0.3) is 0 Å². The van der Waals surface area contributed by atoms with Crippen LogP contribution in [0.5, 0.6) is 0 Å². The van der Waals surface area contributed by atoms with Gasteiger partial charge in [0.1, 0.15) is 4.88 Å². The Kier molecular flexibility index (Phi) is 1.91. The highest BCUT2D eigenvalue weighted by molar-refractivity contribution is 7.12. The molecule has 1 rings (SSSR count). The van der Waals surface area contributed by atoms with E-state index in [9.17, 15) is 9.59 Å².